The van der Waals surface area contributed by atoms with E-state index in [-0.39, 0.29) is 11.6 Å². The average Bonchev–Trinajstić information content (AvgIpc) is 1.63. The Morgan fingerprint density at radius 1 is 0.476 bits per heavy atom. The number of aliphatic hydroxyl groups excluding tert-OH is 1. The summed E-state index contributed by atoms with van der Waals surface area (Å²) in [5.74, 6) is 0.283. The summed E-state index contributed by atoms with van der Waals surface area (Å²) in [6, 6.07) is 34.4. The van der Waals surface area contributed by atoms with E-state index in [2.05, 4.69) is 31.6 Å². The van der Waals surface area contributed by atoms with Gasteiger partial charge in [0, 0.05) is 65.2 Å². The second kappa shape index (κ2) is 43.0. The average molecular weight is 1870 g/mol. The zero-order valence-electron chi connectivity index (χ0n) is 75.4. The maximum absolute atomic E-state index is 14.0. The standard InChI is InChI=1S/C22H31FN2O4.C20H25FN2O4.C19H26FNO4.C17H23BrFNO3.C14H13Cl2FN2O3/c1-21(2,3)29-20(27)25-17(14-23)19(28-22(25,4)5)16-10-8-15(9-11-16)18(26)12-13-24(6)7;1-19(2,3)26-18(24)23-15(12-21)17(25-20(23,4)5)14-8-6-13(7-9-14)16-10-11-22-27-16;1-12(22)13-7-9-14(10-8-13)16-15(11-20)21(19(5,6)24-16)17(23)25-18(2,3)4;1-16(2,3)23-15(21)20-13(10-19)14(22-17(20,4)5)11-6-8-12(18)9-7-11;15-13(16)14(21)19-10(7-17)12(20)9-3-1-8(2-4-9)11-5-6-18-22-11/h8-13,17,19H,14H2,1-7H3;6-11,15,17H,12H2,1-5H3;7-10,15-16H,11H2,1-6H3;6-9,13-14H,10H2,1-5H3;1-6,10,12-13,20H,7H2,(H,19,21)/b13-12+;;;;/t17-,19-;15-,17-;15-,16-;13-,14-;10-,12-/m11111/s1. The molecule has 6 heterocycles. The van der Waals surface area contributed by atoms with Crippen LogP contribution in [0.25, 0.3) is 22.6 Å². The van der Waals surface area contributed by atoms with Crippen LogP contribution in [0.15, 0.2) is 172 Å². The van der Waals surface area contributed by atoms with E-state index in [1.165, 1.54) is 38.8 Å². The van der Waals surface area contributed by atoms with Crippen molar-refractivity contribution < 1.29 is 108 Å². The van der Waals surface area contributed by atoms with Crippen LogP contribution in [0.1, 0.15) is 224 Å². The fourth-order valence-electron chi connectivity index (χ4n) is 14.1. The number of alkyl halides is 7. The molecule has 2 N–H and O–H groups in total. The number of ketones is 2. The number of halogens is 8. The lowest BCUT2D eigenvalue weighted by Gasteiger charge is -2.34. The van der Waals surface area contributed by atoms with Gasteiger partial charge in [0.05, 0.1) is 42.6 Å². The van der Waals surface area contributed by atoms with Crippen molar-refractivity contribution in [1.29, 1.82) is 0 Å². The number of benzene rings is 5. The third kappa shape index (κ3) is 28.0. The summed E-state index contributed by atoms with van der Waals surface area (Å²) in [5.41, 5.74) is -0.539. The van der Waals surface area contributed by atoms with Crippen molar-refractivity contribution in [2.45, 2.75) is 256 Å². The van der Waals surface area contributed by atoms with E-state index in [0.717, 1.165) is 26.7 Å². The molecular formula is C92H118BrCl2F5N8O18. The van der Waals surface area contributed by atoms with E-state index >= 15 is 0 Å². The molecule has 0 spiro atoms. The molecule has 5 amide bonds. The van der Waals surface area contributed by atoms with Gasteiger partial charge in [0.25, 0.3) is 5.91 Å². The van der Waals surface area contributed by atoms with Crippen LogP contribution in [0.2, 0.25) is 0 Å². The van der Waals surface area contributed by atoms with Gasteiger partial charge in [-0.1, -0.05) is 159 Å². The summed E-state index contributed by atoms with van der Waals surface area (Å²) in [6.07, 6.45) is 0.219. The highest BCUT2D eigenvalue weighted by Gasteiger charge is 2.56. The van der Waals surface area contributed by atoms with E-state index in [1.54, 1.807) is 241 Å². The maximum atomic E-state index is 14.0. The van der Waals surface area contributed by atoms with Crippen LogP contribution in [-0.2, 0) is 42.7 Å². The summed E-state index contributed by atoms with van der Waals surface area (Å²) < 4.78 is 126. The summed E-state index contributed by atoms with van der Waals surface area (Å²) in [7, 11) is 3.67. The largest absolute Gasteiger partial charge is 0.444 e. The van der Waals surface area contributed by atoms with Crippen LogP contribution < -0.4 is 5.32 Å². The van der Waals surface area contributed by atoms with Gasteiger partial charge in [-0.2, -0.15) is 0 Å². The van der Waals surface area contributed by atoms with Gasteiger partial charge in [0.15, 0.2) is 27.9 Å². The van der Waals surface area contributed by atoms with Gasteiger partial charge < -0.3 is 62.3 Å². The minimum Gasteiger partial charge on any atom is -0.444 e. The number of hydrogen-bond acceptors (Lipinski definition) is 21. The number of nitrogens with zero attached hydrogens (tertiary/aromatic N) is 7. The predicted molar refractivity (Wildman–Crippen MR) is 469 cm³/mol. The number of amides is 5. The van der Waals surface area contributed by atoms with Crippen molar-refractivity contribution in [3.8, 4) is 22.6 Å². The number of hydrogen-bond donors (Lipinski definition) is 2. The van der Waals surface area contributed by atoms with Crippen LogP contribution >= 0.6 is 39.1 Å². The van der Waals surface area contributed by atoms with Gasteiger partial charge in [-0.05, 0) is 185 Å². The van der Waals surface area contributed by atoms with Crippen LogP contribution in [0.5, 0.6) is 0 Å². The summed E-state index contributed by atoms with van der Waals surface area (Å²) >= 11 is 14.2. The minimum atomic E-state index is -1.32. The van der Waals surface area contributed by atoms with Crippen molar-refractivity contribution in [1.82, 2.24) is 40.1 Å². The number of ether oxygens (including phenoxy) is 8. The Hall–Kier alpha value is -9.54. The lowest BCUT2D eigenvalue weighted by atomic mass is 10.00. The van der Waals surface area contributed by atoms with Crippen molar-refractivity contribution in [3.05, 3.63) is 202 Å². The fraction of sp³-hybridized carbons (Fsp3) is 0.511. The second-order valence-corrected chi connectivity index (χ2v) is 38.2. The van der Waals surface area contributed by atoms with Crippen molar-refractivity contribution in [2.75, 3.05) is 47.5 Å². The Bertz CT molecular complexity index is 4760. The highest BCUT2D eigenvalue weighted by molar-refractivity contribution is 9.10. The molecule has 4 aliphatic heterocycles. The second-order valence-electron chi connectivity index (χ2n) is 36.2. The van der Waals surface area contributed by atoms with Crippen LogP contribution in [0.3, 0.4) is 0 Å². The van der Waals surface area contributed by atoms with Crippen molar-refractivity contribution in [2.24, 2.45) is 0 Å². The molecule has 34 heteroatoms. The van der Waals surface area contributed by atoms with Crippen LogP contribution in [-0.4, -0.2) is 210 Å². The van der Waals surface area contributed by atoms with Gasteiger partial charge in [-0.25, -0.2) is 41.1 Å². The Morgan fingerprint density at radius 2 is 0.762 bits per heavy atom. The number of carbonyl (C=O) groups is 7. The number of carbonyl (C=O) groups excluding carboxylic acids is 7. The summed E-state index contributed by atoms with van der Waals surface area (Å²) in [6.45, 7) is 32.6. The molecule has 11 rings (SSSR count). The smallest absolute Gasteiger partial charge is 0.413 e. The first-order valence-corrected chi connectivity index (χ1v) is 42.4. The molecule has 0 saturated carbocycles. The Labute approximate surface area is 752 Å². The molecular weight excluding hydrogens is 1750 g/mol. The van der Waals surface area contributed by atoms with E-state index in [0.29, 0.717) is 39.3 Å². The Morgan fingerprint density at radius 3 is 1.02 bits per heavy atom. The molecule has 7 aromatic rings. The van der Waals surface area contributed by atoms with Crippen LogP contribution in [0, 0.1) is 0 Å². The van der Waals surface area contributed by atoms with Gasteiger partial charge in [0.2, 0.25) is 0 Å². The molecule has 2 aromatic heterocycles. The molecule has 10 atom stereocenters. The molecule has 5 aromatic carbocycles. The van der Waals surface area contributed by atoms with Gasteiger partial charge >= 0.3 is 24.4 Å². The lowest BCUT2D eigenvalue weighted by Crippen LogP contribution is -2.50. The normalized spacial score (nSPS) is 21.0. The minimum absolute atomic E-state index is 0.0448. The predicted octanol–water partition coefficient (Wildman–Crippen LogP) is 20.8. The topological polar surface area (TPSA) is 294 Å². The van der Waals surface area contributed by atoms with Crippen molar-refractivity contribution in [3.63, 3.8) is 0 Å². The molecule has 26 nitrogen and oxygen atoms in total. The molecule has 4 saturated heterocycles. The molecule has 4 fully saturated rings. The Balaban J connectivity index is 0.000000217. The lowest BCUT2D eigenvalue weighted by molar-refractivity contribution is -0.121. The monoisotopic (exact) mass is 1870 g/mol. The van der Waals surface area contributed by atoms with E-state index in [4.69, 9.17) is 70.1 Å². The van der Waals surface area contributed by atoms with Crippen LogP contribution in [0.4, 0.5) is 41.1 Å². The molecule has 690 valence electrons. The third-order valence-electron chi connectivity index (χ3n) is 19.6. The molecule has 0 unspecified atom stereocenters. The molecule has 126 heavy (non-hydrogen) atoms. The van der Waals surface area contributed by atoms with Gasteiger partial charge in [0.1, 0.15) is 109 Å². The van der Waals surface area contributed by atoms with Crippen molar-refractivity contribution >= 4 is 81.0 Å². The molecule has 0 bridgehead atoms. The number of Topliss-reactive ketones (excluding diaryl/α,β-unsaturated/α-hetero) is 1. The van der Waals surface area contributed by atoms with E-state index in [9.17, 15) is 60.6 Å². The summed E-state index contributed by atoms with van der Waals surface area (Å²) in [4.78, 5) is 91.3. The SMILES string of the molecule is CC(=O)c1ccc([C@H]2OC(C)(C)N(C(=O)OC(C)(C)C)[C@@H]2CF)cc1.CC(C)(C)OC(=O)N1[C@H](CF)[C@@H](c2ccc(-c3ccno3)cc2)OC1(C)C.CC(C)(C)OC(=O)N1[C@H](CF)[C@@H](c2ccc(Br)cc2)OC1(C)C.CN(C)/C=C/C(=O)c1ccc([C@H]2OC(C)(C)N(C(=O)OC(C)(C)C)[C@@H]2CF)cc1.O=C(N[C@H](CF)[C@H](O)c1ccc(-c2ccno2)cc1)C(Cl)Cl. The highest BCUT2D eigenvalue weighted by Crippen LogP contribution is 2.47. The molecule has 4 aliphatic rings. The Kier molecular flexibility index (Phi) is 35.4. The maximum Gasteiger partial charge on any atom is 0.413 e. The van der Waals surface area contributed by atoms with E-state index < -0.39 is 175 Å². The highest BCUT2D eigenvalue weighted by atomic mass is 79.9. The number of nitrogens with one attached hydrogen (secondary N) is 1. The number of aromatic nitrogens is 2. The third-order valence-corrected chi connectivity index (χ3v) is 20.5. The van der Waals surface area contributed by atoms with Gasteiger partial charge in [-0.3, -0.25) is 34.0 Å². The quantitative estimate of drug-likeness (QED) is 0.0250. The molecule has 0 aliphatic carbocycles. The van der Waals surface area contributed by atoms with Gasteiger partial charge in [-0.15, -0.1) is 0 Å². The first-order chi connectivity index (χ1) is 58.5. The molecule has 0 radical (unpaired) electrons. The first-order valence-electron chi connectivity index (χ1n) is 40.8. The zero-order valence-corrected chi connectivity index (χ0v) is 78.5. The zero-order chi connectivity index (χ0) is 94.3. The fourth-order valence-corrected chi connectivity index (χ4v) is 14.5. The number of rotatable bonds is 19. The summed E-state index contributed by atoms with van der Waals surface area (Å²) in [5, 5.41) is 19.7. The van der Waals surface area contributed by atoms with E-state index in [1.807, 2.05) is 62.6 Å². The first kappa shape index (κ1) is 104. The number of allylic oxidation sites excluding steroid dienone is 1. The number of aliphatic hydroxyl groups is 1.